The minimum Gasteiger partial charge on any atom is -0.392 e. The number of likely N-dealkylation sites (tertiary alicyclic amines) is 2. The number of aliphatic hydroxyl groups is 1. The normalized spacial score (nSPS) is 32.2. The van der Waals surface area contributed by atoms with Gasteiger partial charge in [0.2, 0.25) is 5.91 Å². The smallest absolute Gasteiger partial charge is 0.239 e. The van der Waals surface area contributed by atoms with Crippen molar-refractivity contribution in [1.82, 2.24) is 9.80 Å². The monoisotopic (exact) mass is 338 g/mol. The first-order valence-corrected chi connectivity index (χ1v) is 9.91. The number of amides is 1. The lowest BCUT2D eigenvalue weighted by Gasteiger charge is -2.56. The maximum Gasteiger partial charge on any atom is 0.239 e. The number of carbonyl (C=O) groups excluding carboxylic acids is 1. The molecule has 3 fully saturated rings. The van der Waals surface area contributed by atoms with Crippen molar-refractivity contribution in [1.29, 1.82) is 0 Å². The molecular weight excluding hydrogens is 304 g/mol. The topological polar surface area (TPSA) is 53.0 Å². The second-order valence-electron chi connectivity index (χ2n) is 7.88. The molecular formula is C19H34N2O3. The second-order valence-corrected chi connectivity index (χ2v) is 7.88. The Hall–Kier alpha value is -0.650. The van der Waals surface area contributed by atoms with Crippen LogP contribution < -0.4 is 0 Å². The second kappa shape index (κ2) is 7.71. The summed E-state index contributed by atoms with van der Waals surface area (Å²) < 4.78 is 5.82. The van der Waals surface area contributed by atoms with Crippen LogP contribution in [0.1, 0.15) is 58.8 Å². The van der Waals surface area contributed by atoms with Crippen LogP contribution in [0.5, 0.6) is 0 Å². The van der Waals surface area contributed by atoms with E-state index in [0.717, 1.165) is 45.4 Å². The molecule has 5 nitrogen and oxygen atoms in total. The number of piperidine rings is 1. The Balaban J connectivity index is 1.55. The number of hydrogen-bond donors (Lipinski definition) is 1. The zero-order valence-corrected chi connectivity index (χ0v) is 15.4. The van der Waals surface area contributed by atoms with Crippen LogP contribution in [-0.4, -0.2) is 71.8 Å². The molecule has 0 aromatic rings. The first-order valence-electron chi connectivity index (χ1n) is 9.91. The largest absolute Gasteiger partial charge is 0.392 e. The van der Waals surface area contributed by atoms with Crippen LogP contribution in [0.15, 0.2) is 0 Å². The average Bonchev–Trinajstić information content (AvgIpc) is 2.90. The van der Waals surface area contributed by atoms with Gasteiger partial charge in [-0.3, -0.25) is 9.69 Å². The number of hydrogen-bond acceptors (Lipinski definition) is 4. The van der Waals surface area contributed by atoms with Crippen molar-refractivity contribution in [3.63, 3.8) is 0 Å². The average molecular weight is 338 g/mol. The van der Waals surface area contributed by atoms with E-state index in [1.165, 1.54) is 25.7 Å². The van der Waals surface area contributed by atoms with E-state index in [0.29, 0.717) is 6.61 Å². The molecule has 0 aromatic heterocycles. The van der Waals surface area contributed by atoms with Gasteiger partial charge in [0.05, 0.1) is 18.2 Å². The summed E-state index contributed by atoms with van der Waals surface area (Å²) in [6.07, 6.45) is 7.43. The predicted molar refractivity (Wildman–Crippen MR) is 93.8 cm³/mol. The molecule has 3 aliphatic rings. The predicted octanol–water partition coefficient (Wildman–Crippen LogP) is 2.03. The van der Waals surface area contributed by atoms with Gasteiger partial charge in [-0.25, -0.2) is 0 Å². The lowest BCUT2D eigenvalue weighted by molar-refractivity contribution is -0.210. The highest BCUT2D eigenvalue weighted by Gasteiger charge is 2.56. The number of nitrogens with zero attached hydrogens (tertiary/aromatic N) is 2. The van der Waals surface area contributed by atoms with Crippen LogP contribution >= 0.6 is 0 Å². The number of aliphatic hydroxyl groups excluding tert-OH is 1. The highest BCUT2D eigenvalue weighted by atomic mass is 16.5. The van der Waals surface area contributed by atoms with Crippen LogP contribution in [0, 0.1) is 5.41 Å². The van der Waals surface area contributed by atoms with E-state index in [-0.39, 0.29) is 29.6 Å². The van der Waals surface area contributed by atoms with Gasteiger partial charge in [-0.2, -0.15) is 0 Å². The fourth-order valence-corrected chi connectivity index (χ4v) is 4.86. The summed E-state index contributed by atoms with van der Waals surface area (Å²) in [5.74, 6) is 0.272. The summed E-state index contributed by atoms with van der Waals surface area (Å²) in [6, 6.07) is -0.00819. The van der Waals surface area contributed by atoms with Gasteiger partial charge in [-0.1, -0.05) is 12.8 Å². The summed E-state index contributed by atoms with van der Waals surface area (Å²) in [5.41, 5.74) is -0.0986. The molecule has 3 atom stereocenters. The van der Waals surface area contributed by atoms with E-state index >= 15 is 0 Å². The third kappa shape index (κ3) is 3.35. The molecule has 1 spiro atoms. The van der Waals surface area contributed by atoms with E-state index in [9.17, 15) is 9.90 Å². The van der Waals surface area contributed by atoms with E-state index < -0.39 is 0 Å². The van der Waals surface area contributed by atoms with Gasteiger partial charge in [0.25, 0.3) is 0 Å². The molecule has 2 saturated heterocycles. The van der Waals surface area contributed by atoms with E-state index in [1.54, 1.807) is 0 Å². The highest BCUT2D eigenvalue weighted by molar-refractivity contribution is 5.81. The minimum atomic E-state index is -0.255. The number of rotatable bonds is 4. The van der Waals surface area contributed by atoms with Gasteiger partial charge in [-0.15, -0.1) is 0 Å². The maximum absolute atomic E-state index is 12.9. The summed E-state index contributed by atoms with van der Waals surface area (Å²) in [7, 11) is 0. The Morgan fingerprint density at radius 2 is 1.79 bits per heavy atom. The van der Waals surface area contributed by atoms with Crippen molar-refractivity contribution >= 4 is 5.91 Å². The van der Waals surface area contributed by atoms with Crippen LogP contribution in [0.2, 0.25) is 0 Å². The summed E-state index contributed by atoms with van der Waals surface area (Å²) >= 11 is 0. The molecule has 0 unspecified atom stereocenters. The molecule has 5 heteroatoms. The number of ether oxygens (including phenoxy) is 1. The molecule has 138 valence electrons. The SMILES string of the molecule is CCO[C@@H]1C[C@H](O)C12CCN(C(=O)[C@H](C)N1CCCCCC1)CC2. The minimum absolute atomic E-state index is 0.00819. The summed E-state index contributed by atoms with van der Waals surface area (Å²) in [6.45, 7) is 8.41. The highest BCUT2D eigenvalue weighted by Crippen LogP contribution is 2.51. The zero-order valence-electron chi connectivity index (χ0n) is 15.4. The van der Waals surface area contributed by atoms with Crippen molar-refractivity contribution in [2.75, 3.05) is 32.8 Å². The van der Waals surface area contributed by atoms with E-state index in [4.69, 9.17) is 4.74 Å². The van der Waals surface area contributed by atoms with Gasteiger partial charge in [0.15, 0.2) is 0 Å². The molecule has 1 saturated carbocycles. The maximum atomic E-state index is 12.9. The third-order valence-electron chi connectivity index (χ3n) is 6.66. The molecule has 0 radical (unpaired) electrons. The third-order valence-corrected chi connectivity index (χ3v) is 6.66. The van der Waals surface area contributed by atoms with Crippen LogP contribution in [0.3, 0.4) is 0 Å². The van der Waals surface area contributed by atoms with Gasteiger partial charge in [-0.05, 0) is 52.6 Å². The lowest BCUT2D eigenvalue weighted by atomic mass is 9.58. The molecule has 3 rings (SSSR count). The molecule has 1 aliphatic carbocycles. The number of carbonyl (C=O) groups is 1. The van der Waals surface area contributed by atoms with E-state index in [1.807, 2.05) is 11.8 Å². The molecule has 1 amide bonds. The van der Waals surface area contributed by atoms with Gasteiger partial charge < -0.3 is 14.7 Å². The van der Waals surface area contributed by atoms with Crippen molar-refractivity contribution in [3.05, 3.63) is 0 Å². The van der Waals surface area contributed by atoms with Crippen molar-refractivity contribution in [2.45, 2.75) is 77.0 Å². The van der Waals surface area contributed by atoms with Crippen LogP contribution in [0.25, 0.3) is 0 Å². The Bertz CT molecular complexity index is 424. The first kappa shape index (κ1) is 18.2. The first-order chi connectivity index (χ1) is 11.6. The molecule has 0 bridgehead atoms. The fourth-order valence-electron chi connectivity index (χ4n) is 4.86. The van der Waals surface area contributed by atoms with Gasteiger partial charge in [0, 0.05) is 31.5 Å². The van der Waals surface area contributed by atoms with Gasteiger partial charge >= 0.3 is 0 Å². The summed E-state index contributed by atoms with van der Waals surface area (Å²) in [4.78, 5) is 17.3. The zero-order chi connectivity index (χ0) is 17.2. The van der Waals surface area contributed by atoms with Crippen molar-refractivity contribution in [3.8, 4) is 0 Å². The van der Waals surface area contributed by atoms with Crippen molar-refractivity contribution < 1.29 is 14.6 Å². The molecule has 24 heavy (non-hydrogen) atoms. The molecule has 1 N–H and O–H groups in total. The molecule has 0 aromatic carbocycles. The van der Waals surface area contributed by atoms with Crippen molar-refractivity contribution in [2.24, 2.45) is 5.41 Å². The molecule has 2 aliphatic heterocycles. The molecule has 2 heterocycles. The van der Waals surface area contributed by atoms with Gasteiger partial charge in [0.1, 0.15) is 0 Å². The summed E-state index contributed by atoms with van der Waals surface area (Å²) in [5, 5.41) is 10.3. The Labute approximate surface area is 146 Å². The Morgan fingerprint density at radius 3 is 2.33 bits per heavy atom. The fraction of sp³-hybridized carbons (Fsp3) is 0.947. The van der Waals surface area contributed by atoms with E-state index in [2.05, 4.69) is 11.8 Å². The van der Waals surface area contributed by atoms with Crippen LogP contribution in [-0.2, 0) is 9.53 Å². The lowest BCUT2D eigenvalue weighted by Crippen LogP contribution is -2.63. The quantitative estimate of drug-likeness (QED) is 0.852. The Morgan fingerprint density at radius 1 is 1.17 bits per heavy atom. The van der Waals surface area contributed by atoms with Crippen LogP contribution in [0.4, 0.5) is 0 Å². The standard InChI is InChI=1S/C19H34N2O3/c1-3-24-17-14-16(22)19(17)8-12-21(13-9-19)18(23)15(2)20-10-6-4-5-7-11-20/h15-17,22H,3-14H2,1-2H3/t15-,16-,17+/m0/s1. The Kier molecular flexibility index (Phi) is 5.83.